The van der Waals surface area contributed by atoms with Crippen molar-refractivity contribution in [3.05, 3.63) is 50.3 Å². The van der Waals surface area contributed by atoms with E-state index in [1.807, 2.05) is 19.9 Å². The van der Waals surface area contributed by atoms with Gasteiger partial charge in [0.1, 0.15) is 11.3 Å². The van der Waals surface area contributed by atoms with Gasteiger partial charge in [-0.15, -0.1) is 0 Å². The van der Waals surface area contributed by atoms with Crippen molar-refractivity contribution < 1.29 is 9.21 Å². The second-order valence-corrected chi connectivity index (χ2v) is 6.87. The van der Waals surface area contributed by atoms with E-state index in [1.54, 1.807) is 4.90 Å². The van der Waals surface area contributed by atoms with E-state index in [1.165, 1.54) is 6.42 Å². The van der Waals surface area contributed by atoms with Crippen molar-refractivity contribution in [2.75, 3.05) is 6.54 Å². The zero-order valence-corrected chi connectivity index (χ0v) is 14.0. The molecule has 1 saturated carbocycles. The lowest BCUT2D eigenvalue weighted by Gasteiger charge is -2.27. The van der Waals surface area contributed by atoms with Gasteiger partial charge in [0, 0.05) is 36.7 Å². The Balaban J connectivity index is 1.63. The molecule has 0 bridgehead atoms. The van der Waals surface area contributed by atoms with Gasteiger partial charge in [0.05, 0.1) is 5.69 Å². The molecule has 1 fully saturated rings. The number of fused-ring (bicyclic) bond motifs is 1. The SMILES string of the molecule is Cc1cc(C2CCC2)oc(=O)c1C(=O)N1CCc2n[nH]c(C)c2C1. The monoisotopic (exact) mass is 327 g/mol. The Labute approximate surface area is 139 Å². The number of carbonyl (C=O) groups excluding carboxylic acids is 1. The van der Waals surface area contributed by atoms with E-state index in [2.05, 4.69) is 10.2 Å². The molecule has 0 unspecified atom stereocenters. The van der Waals surface area contributed by atoms with Gasteiger partial charge in [-0.1, -0.05) is 6.42 Å². The number of aromatic nitrogens is 2. The maximum Gasteiger partial charge on any atom is 0.349 e. The van der Waals surface area contributed by atoms with Gasteiger partial charge in [-0.25, -0.2) is 4.79 Å². The molecule has 2 aliphatic rings. The third kappa shape index (κ3) is 2.37. The molecule has 0 atom stereocenters. The summed E-state index contributed by atoms with van der Waals surface area (Å²) in [7, 11) is 0. The Kier molecular flexibility index (Phi) is 3.55. The predicted octanol–water partition coefficient (Wildman–Crippen LogP) is 2.45. The Morgan fingerprint density at radius 3 is 2.83 bits per heavy atom. The second kappa shape index (κ2) is 5.61. The molecule has 2 aromatic rings. The largest absolute Gasteiger partial charge is 0.427 e. The van der Waals surface area contributed by atoms with Gasteiger partial charge >= 0.3 is 5.63 Å². The minimum atomic E-state index is -0.503. The highest BCUT2D eigenvalue weighted by molar-refractivity contribution is 5.95. The second-order valence-electron chi connectivity index (χ2n) is 6.87. The summed E-state index contributed by atoms with van der Waals surface area (Å²) in [5.74, 6) is 0.825. The van der Waals surface area contributed by atoms with E-state index >= 15 is 0 Å². The van der Waals surface area contributed by atoms with E-state index in [9.17, 15) is 9.59 Å². The average molecular weight is 327 g/mol. The molecule has 1 amide bonds. The van der Waals surface area contributed by atoms with Crippen LogP contribution in [0.1, 0.15) is 63.8 Å². The number of carbonyl (C=O) groups is 1. The third-order valence-corrected chi connectivity index (χ3v) is 5.30. The quantitative estimate of drug-likeness (QED) is 0.919. The van der Waals surface area contributed by atoms with Crippen molar-refractivity contribution in [2.45, 2.75) is 52.0 Å². The van der Waals surface area contributed by atoms with Gasteiger partial charge in [-0.2, -0.15) is 5.10 Å². The summed E-state index contributed by atoms with van der Waals surface area (Å²) in [5, 5.41) is 7.23. The molecule has 126 valence electrons. The molecule has 0 radical (unpaired) electrons. The summed E-state index contributed by atoms with van der Waals surface area (Å²) in [4.78, 5) is 27.0. The maximum absolute atomic E-state index is 12.9. The molecule has 0 aromatic carbocycles. The standard InChI is InChI=1S/C18H21N3O3/c1-10-8-15(12-4-3-5-12)24-18(23)16(10)17(22)21-7-6-14-13(9-21)11(2)19-20-14/h8,12H,3-7,9H2,1-2H3,(H,19,20). The highest BCUT2D eigenvalue weighted by Gasteiger charge is 2.29. The summed E-state index contributed by atoms with van der Waals surface area (Å²) < 4.78 is 5.46. The number of rotatable bonds is 2. The molecule has 1 aliphatic heterocycles. The number of nitrogens with zero attached hydrogens (tertiary/aromatic N) is 2. The number of aryl methyl sites for hydroxylation is 2. The molecule has 24 heavy (non-hydrogen) atoms. The fourth-order valence-corrected chi connectivity index (χ4v) is 3.55. The Morgan fingerprint density at radius 1 is 1.38 bits per heavy atom. The average Bonchev–Trinajstić information content (AvgIpc) is 2.85. The summed E-state index contributed by atoms with van der Waals surface area (Å²) >= 11 is 0. The smallest absolute Gasteiger partial charge is 0.349 e. The Hall–Kier alpha value is -2.37. The third-order valence-electron chi connectivity index (χ3n) is 5.30. The van der Waals surface area contributed by atoms with Gasteiger partial charge in [-0.05, 0) is 38.3 Å². The van der Waals surface area contributed by atoms with Crippen LogP contribution in [0.15, 0.2) is 15.3 Å². The molecule has 3 heterocycles. The zero-order valence-electron chi connectivity index (χ0n) is 14.0. The predicted molar refractivity (Wildman–Crippen MR) is 88.1 cm³/mol. The lowest BCUT2D eigenvalue weighted by Crippen LogP contribution is -2.38. The van der Waals surface area contributed by atoms with Crippen LogP contribution in [0, 0.1) is 13.8 Å². The van der Waals surface area contributed by atoms with E-state index in [-0.39, 0.29) is 11.5 Å². The van der Waals surface area contributed by atoms with Crippen molar-refractivity contribution in [1.82, 2.24) is 15.1 Å². The van der Waals surface area contributed by atoms with Crippen LogP contribution >= 0.6 is 0 Å². The minimum absolute atomic E-state index is 0.169. The summed E-state index contributed by atoms with van der Waals surface area (Å²) in [6.45, 7) is 4.83. The van der Waals surface area contributed by atoms with E-state index in [0.29, 0.717) is 31.0 Å². The first kappa shape index (κ1) is 15.2. The van der Waals surface area contributed by atoms with Crippen LogP contribution in [-0.2, 0) is 13.0 Å². The molecular weight excluding hydrogens is 306 g/mol. The van der Waals surface area contributed by atoms with Crippen molar-refractivity contribution in [1.29, 1.82) is 0 Å². The Bertz CT molecular complexity index is 861. The number of H-pyrrole nitrogens is 1. The first-order valence-electron chi connectivity index (χ1n) is 8.51. The van der Waals surface area contributed by atoms with Crippen LogP contribution < -0.4 is 5.63 Å². The lowest BCUT2D eigenvalue weighted by molar-refractivity contribution is 0.0727. The molecule has 0 spiro atoms. The molecule has 1 aliphatic carbocycles. The molecular formula is C18H21N3O3. The number of amides is 1. The molecule has 6 nitrogen and oxygen atoms in total. The van der Waals surface area contributed by atoms with Crippen molar-refractivity contribution in [3.8, 4) is 0 Å². The number of hydrogen-bond acceptors (Lipinski definition) is 4. The van der Waals surface area contributed by atoms with Crippen molar-refractivity contribution >= 4 is 5.91 Å². The van der Waals surface area contributed by atoms with Gasteiger partial charge in [0.25, 0.3) is 5.91 Å². The van der Waals surface area contributed by atoms with Gasteiger partial charge < -0.3 is 9.32 Å². The number of aromatic amines is 1. The van der Waals surface area contributed by atoms with Crippen molar-refractivity contribution in [3.63, 3.8) is 0 Å². The number of hydrogen-bond donors (Lipinski definition) is 1. The van der Waals surface area contributed by atoms with E-state index < -0.39 is 5.63 Å². The maximum atomic E-state index is 12.9. The van der Waals surface area contributed by atoms with Crippen LogP contribution in [0.25, 0.3) is 0 Å². The van der Waals surface area contributed by atoms with Crippen LogP contribution in [0.5, 0.6) is 0 Å². The topological polar surface area (TPSA) is 79.2 Å². The Morgan fingerprint density at radius 2 is 2.17 bits per heavy atom. The lowest BCUT2D eigenvalue weighted by atomic mass is 9.83. The van der Waals surface area contributed by atoms with Crippen LogP contribution in [0.3, 0.4) is 0 Å². The fraction of sp³-hybridized carbons (Fsp3) is 0.500. The van der Waals surface area contributed by atoms with Gasteiger partial charge in [0.2, 0.25) is 0 Å². The van der Waals surface area contributed by atoms with E-state index in [0.717, 1.165) is 35.6 Å². The number of nitrogens with one attached hydrogen (secondary N) is 1. The van der Waals surface area contributed by atoms with Crippen LogP contribution in [-0.4, -0.2) is 27.5 Å². The van der Waals surface area contributed by atoms with Gasteiger partial charge in [-0.3, -0.25) is 9.89 Å². The first-order valence-corrected chi connectivity index (χ1v) is 8.51. The highest BCUT2D eigenvalue weighted by Crippen LogP contribution is 2.36. The summed E-state index contributed by atoms with van der Waals surface area (Å²) in [6.07, 6.45) is 4.00. The normalized spacial score (nSPS) is 17.5. The summed E-state index contributed by atoms with van der Waals surface area (Å²) in [5.41, 5.74) is 3.43. The minimum Gasteiger partial charge on any atom is -0.427 e. The molecule has 0 saturated heterocycles. The molecule has 1 N–H and O–H groups in total. The highest BCUT2D eigenvalue weighted by atomic mass is 16.4. The summed E-state index contributed by atoms with van der Waals surface area (Å²) in [6, 6.07) is 1.87. The fourth-order valence-electron chi connectivity index (χ4n) is 3.55. The first-order chi connectivity index (χ1) is 11.5. The van der Waals surface area contributed by atoms with Crippen LogP contribution in [0.2, 0.25) is 0 Å². The van der Waals surface area contributed by atoms with Crippen molar-refractivity contribution in [2.24, 2.45) is 0 Å². The molecule has 6 heteroatoms. The molecule has 2 aromatic heterocycles. The van der Waals surface area contributed by atoms with Crippen LogP contribution in [0.4, 0.5) is 0 Å². The van der Waals surface area contributed by atoms with E-state index in [4.69, 9.17) is 4.42 Å². The molecule has 4 rings (SSSR count). The van der Waals surface area contributed by atoms with Gasteiger partial charge in [0.15, 0.2) is 0 Å². The zero-order chi connectivity index (χ0) is 16.8.